The van der Waals surface area contributed by atoms with Crippen LogP contribution in [0, 0.1) is 0 Å². The fourth-order valence-corrected chi connectivity index (χ4v) is 1.53. The Bertz CT molecular complexity index is 417. The van der Waals surface area contributed by atoms with Gasteiger partial charge in [0.1, 0.15) is 6.04 Å². The first-order chi connectivity index (χ1) is 7.18. The highest BCUT2D eigenvalue weighted by molar-refractivity contribution is 6.02. The minimum absolute atomic E-state index is 0.162. The van der Waals surface area contributed by atoms with Gasteiger partial charge in [-0.3, -0.25) is 15.0 Å². The Morgan fingerprint density at radius 3 is 2.87 bits per heavy atom. The number of nitrogens with one attached hydrogen (secondary N) is 3. The zero-order chi connectivity index (χ0) is 10.8. The number of carbonyl (C=O) groups excluding carboxylic acids is 2. The van der Waals surface area contributed by atoms with Crippen LogP contribution in [0.1, 0.15) is 18.5 Å². The van der Waals surface area contributed by atoms with Crippen molar-refractivity contribution in [1.82, 2.24) is 10.9 Å². The Morgan fingerprint density at radius 1 is 1.40 bits per heavy atom. The number of hydrogen-bond donors (Lipinski definition) is 3. The fourth-order valence-electron chi connectivity index (χ4n) is 1.53. The number of amides is 2. The lowest BCUT2D eigenvalue weighted by atomic mass is 10.1. The first-order valence-electron chi connectivity index (χ1n) is 4.60. The monoisotopic (exact) mass is 205 g/mol. The zero-order valence-corrected chi connectivity index (χ0v) is 8.20. The standard InChI is InChI=1S/C10H11N3O2/c1-6(14)12-13-9-7-4-2-3-5-8(7)11-10(9)15/h2-5,9,13H,1H3,(H,11,15)(H,12,14). The van der Waals surface area contributed by atoms with Gasteiger partial charge in [-0.05, 0) is 6.07 Å². The normalized spacial score (nSPS) is 18.2. The van der Waals surface area contributed by atoms with E-state index >= 15 is 0 Å². The van der Waals surface area contributed by atoms with Gasteiger partial charge in [0.15, 0.2) is 0 Å². The zero-order valence-electron chi connectivity index (χ0n) is 8.20. The predicted octanol–water partition coefficient (Wildman–Crippen LogP) is 0.320. The van der Waals surface area contributed by atoms with Crippen molar-refractivity contribution in [3.05, 3.63) is 29.8 Å². The minimum atomic E-state index is -0.509. The van der Waals surface area contributed by atoms with E-state index in [1.165, 1.54) is 6.92 Å². The van der Waals surface area contributed by atoms with Crippen molar-refractivity contribution in [3.8, 4) is 0 Å². The van der Waals surface area contributed by atoms with E-state index in [4.69, 9.17) is 0 Å². The van der Waals surface area contributed by atoms with E-state index in [1.807, 2.05) is 24.3 Å². The molecule has 1 aromatic rings. The molecule has 3 N–H and O–H groups in total. The smallest absolute Gasteiger partial charge is 0.247 e. The lowest BCUT2D eigenvalue weighted by molar-refractivity contribution is -0.121. The Hall–Kier alpha value is -1.88. The summed E-state index contributed by atoms with van der Waals surface area (Å²) in [6, 6.07) is 6.85. The van der Waals surface area contributed by atoms with E-state index in [-0.39, 0.29) is 11.8 Å². The second kappa shape index (κ2) is 3.70. The van der Waals surface area contributed by atoms with Crippen LogP contribution in [0.25, 0.3) is 0 Å². The number of anilines is 1. The topological polar surface area (TPSA) is 70.2 Å². The summed E-state index contributed by atoms with van der Waals surface area (Å²) >= 11 is 0. The lowest BCUT2D eigenvalue weighted by Gasteiger charge is -2.10. The van der Waals surface area contributed by atoms with Crippen LogP contribution in [0.5, 0.6) is 0 Å². The molecule has 1 aliphatic rings. The van der Waals surface area contributed by atoms with E-state index in [9.17, 15) is 9.59 Å². The van der Waals surface area contributed by atoms with Gasteiger partial charge in [-0.25, -0.2) is 5.43 Å². The number of para-hydroxylation sites is 1. The Kier molecular flexibility index (Phi) is 2.39. The van der Waals surface area contributed by atoms with Crippen molar-refractivity contribution < 1.29 is 9.59 Å². The molecule has 78 valence electrons. The molecular formula is C10H11N3O2. The first kappa shape index (κ1) is 9.67. The van der Waals surface area contributed by atoms with Crippen molar-refractivity contribution in [2.45, 2.75) is 13.0 Å². The van der Waals surface area contributed by atoms with Crippen LogP contribution in [0.2, 0.25) is 0 Å². The van der Waals surface area contributed by atoms with Crippen molar-refractivity contribution >= 4 is 17.5 Å². The van der Waals surface area contributed by atoms with Crippen LogP contribution in [0.3, 0.4) is 0 Å². The molecule has 2 rings (SSSR count). The Labute approximate surface area is 86.8 Å². The molecule has 0 bridgehead atoms. The molecular weight excluding hydrogens is 194 g/mol. The maximum Gasteiger partial charge on any atom is 0.247 e. The third-order valence-electron chi connectivity index (χ3n) is 2.18. The average molecular weight is 205 g/mol. The molecule has 1 aliphatic heterocycles. The van der Waals surface area contributed by atoms with Gasteiger partial charge in [0.2, 0.25) is 11.8 Å². The third kappa shape index (κ3) is 1.82. The average Bonchev–Trinajstić information content (AvgIpc) is 2.50. The summed E-state index contributed by atoms with van der Waals surface area (Å²) in [4.78, 5) is 22.2. The van der Waals surface area contributed by atoms with Crippen LogP contribution in [0.4, 0.5) is 5.69 Å². The maximum absolute atomic E-state index is 11.5. The minimum Gasteiger partial charge on any atom is -0.324 e. The number of hydrazine groups is 1. The molecule has 0 radical (unpaired) electrons. The lowest BCUT2D eigenvalue weighted by Crippen LogP contribution is -2.41. The molecule has 15 heavy (non-hydrogen) atoms. The molecule has 1 atom stereocenters. The van der Waals surface area contributed by atoms with Gasteiger partial charge in [0.25, 0.3) is 0 Å². The van der Waals surface area contributed by atoms with Crippen molar-refractivity contribution in [1.29, 1.82) is 0 Å². The quantitative estimate of drug-likeness (QED) is 0.609. The number of benzene rings is 1. The van der Waals surface area contributed by atoms with Gasteiger partial charge in [-0.2, -0.15) is 0 Å². The van der Waals surface area contributed by atoms with Gasteiger partial charge in [-0.15, -0.1) is 0 Å². The van der Waals surface area contributed by atoms with E-state index in [2.05, 4.69) is 16.2 Å². The molecule has 0 fully saturated rings. The second-order valence-electron chi connectivity index (χ2n) is 3.34. The molecule has 0 aromatic heterocycles. The van der Waals surface area contributed by atoms with Crippen LogP contribution >= 0.6 is 0 Å². The molecule has 0 saturated carbocycles. The number of hydrogen-bond acceptors (Lipinski definition) is 3. The molecule has 1 aromatic carbocycles. The van der Waals surface area contributed by atoms with E-state index in [0.29, 0.717) is 0 Å². The van der Waals surface area contributed by atoms with Crippen molar-refractivity contribution in [2.75, 3.05) is 5.32 Å². The van der Waals surface area contributed by atoms with Crippen molar-refractivity contribution in [3.63, 3.8) is 0 Å². The summed E-state index contributed by atoms with van der Waals surface area (Å²) in [6.07, 6.45) is 0. The number of carbonyl (C=O) groups is 2. The van der Waals surface area contributed by atoms with Gasteiger partial charge in [0.05, 0.1) is 0 Å². The van der Waals surface area contributed by atoms with Crippen molar-refractivity contribution in [2.24, 2.45) is 0 Å². The van der Waals surface area contributed by atoms with Gasteiger partial charge in [-0.1, -0.05) is 18.2 Å². The molecule has 0 aliphatic carbocycles. The molecule has 2 amide bonds. The second-order valence-corrected chi connectivity index (χ2v) is 3.34. The van der Waals surface area contributed by atoms with Crippen LogP contribution in [-0.4, -0.2) is 11.8 Å². The Morgan fingerprint density at radius 2 is 2.13 bits per heavy atom. The molecule has 5 heteroatoms. The highest BCUT2D eigenvalue weighted by atomic mass is 16.2. The highest BCUT2D eigenvalue weighted by Gasteiger charge is 2.29. The summed E-state index contributed by atoms with van der Waals surface area (Å²) in [6.45, 7) is 1.38. The number of fused-ring (bicyclic) bond motifs is 1. The molecule has 0 spiro atoms. The maximum atomic E-state index is 11.5. The summed E-state index contributed by atoms with van der Waals surface area (Å²) in [7, 11) is 0. The summed E-state index contributed by atoms with van der Waals surface area (Å²) in [5, 5.41) is 2.72. The fraction of sp³-hybridized carbons (Fsp3) is 0.200. The van der Waals surface area contributed by atoms with Crippen LogP contribution in [0.15, 0.2) is 24.3 Å². The van der Waals surface area contributed by atoms with Gasteiger partial charge in [0, 0.05) is 18.2 Å². The summed E-state index contributed by atoms with van der Waals surface area (Å²) < 4.78 is 0. The van der Waals surface area contributed by atoms with Crippen LogP contribution in [-0.2, 0) is 9.59 Å². The third-order valence-corrected chi connectivity index (χ3v) is 2.18. The molecule has 0 saturated heterocycles. The largest absolute Gasteiger partial charge is 0.324 e. The van der Waals surface area contributed by atoms with E-state index < -0.39 is 6.04 Å². The highest BCUT2D eigenvalue weighted by Crippen LogP contribution is 2.29. The molecule has 1 heterocycles. The molecule has 1 unspecified atom stereocenters. The predicted molar refractivity (Wildman–Crippen MR) is 54.8 cm³/mol. The van der Waals surface area contributed by atoms with E-state index in [0.717, 1.165) is 11.3 Å². The SMILES string of the molecule is CC(=O)NNC1C(=O)Nc2ccccc21. The summed E-state index contributed by atoms with van der Waals surface area (Å²) in [5.74, 6) is -0.392. The summed E-state index contributed by atoms with van der Waals surface area (Å²) in [5.41, 5.74) is 6.71. The van der Waals surface area contributed by atoms with E-state index in [1.54, 1.807) is 0 Å². The van der Waals surface area contributed by atoms with Crippen LogP contribution < -0.4 is 16.2 Å². The number of rotatable bonds is 2. The Balaban J connectivity index is 2.18. The van der Waals surface area contributed by atoms with Gasteiger partial charge >= 0.3 is 0 Å². The van der Waals surface area contributed by atoms with Gasteiger partial charge < -0.3 is 5.32 Å². The molecule has 5 nitrogen and oxygen atoms in total. The first-order valence-corrected chi connectivity index (χ1v) is 4.60.